The lowest BCUT2D eigenvalue weighted by molar-refractivity contribution is -0.662. The fourth-order valence-electron chi connectivity index (χ4n) is 4.28. The molecule has 2 N–H and O–H groups in total. The van der Waals surface area contributed by atoms with Crippen LogP contribution in [-0.2, 0) is 30.6 Å². The number of rotatable bonds is 9. The highest BCUT2D eigenvalue weighted by Crippen LogP contribution is 2.40. The molecule has 0 radical (unpaired) electrons. The summed E-state index contributed by atoms with van der Waals surface area (Å²) in [5.41, 5.74) is 1.07. The van der Waals surface area contributed by atoms with Gasteiger partial charge < -0.3 is 25.4 Å². The number of imidazole rings is 1. The minimum absolute atomic E-state index is 0.110. The van der Waals surface area contributed by atoms with E-state index in [9.17, 15) is 24.3 Å². The first kappa shape index (κ1) is 26.6. The molecule has 13 nitrogen and oxygen atoms in total. The predicted molar refractivity (Wildman–Crippen MR) is 140 cm³/mol. The molecule has 5 heterocycles. The molecule has 0 unspecified atom stereocenters. The van der Waals surface area contributed by atoms with E-state index in [1.807, 2.05) is 45.8 Å². The van der Waals surface area contributed by atoms with Gasteiger partial charge in [0.25, 0.3) is 17.5 Å². The van der Waals surface area contributed by atoms with E-state index in [0.717, 1.165) is 21.9 Å². The molecule has 1 saturated heterocycles. The maximum Gasteiger partial charge on any atom is 0.286 e. The minimum Gasteiger partial charge on any atom is -0.543 e. The summed E-state index contributed by atoms with van der Waals surface area (Å²) in [5.74, 6) is -3.23. The molecule has 0 saturated carbocycles. The number of carboxylic acid groups (broad SMARTS) is 1. The van der Waals surface area contributed by atoms with Crippen LogP contribution in [0.1, 0.15) is 5.69 Å². The summed E-state index contributed by atoms with van der Waals surface area (Å²) in [7, 11) is 1.24. The third-order valence-corrected chi connectivity index (χ3v) is 8.31. The van der Waals surface area contributed by atoms with Crippen LogP contribution >= 0.6 is 34.7 Å². The van der Waals surface area contributed by atoms with Crippen molar-refractivity contribution in [3.05, 3.63) is 59.1 Å². The van der Waals surface area contributed by atoms with E-state index in [1.54, 1.807) is 0 Å². The Bertz CT molecular complexity index is 1550. The average molecular weight is 590 g/mol. The number of alkyl halides is 1. The molecule has 3 aromatic rings. The third-order valence-electron chi connectivity index (χ3n) is 5.97. The van der Waals surface area contributed by atoms with Crippen LogP contribution in [0.3, 0.4) is 0 Å². The predicted octanol–water partition coefficient (Wildman–Crippen LogP) is -0.685. The smallest absolute Gasteiger partial charge is 0.286 e. The molecule has 0 aliphatic carbocycles. The average Bonchev–Trinajstić information content (AvgIpc) is 3.56. The molecule has 3 aromatic heterocycles. The lowest BCUT2D eigenvalue weighted by Gasteiger charge is -2.50. The van der Waals surface area contributed by atoms with Gasteiger partial charge in [0.2, 0.25) is 5.91 Å². The highest BCUT2D eigenvalue weighted by atomic mass is 35.5. The molecule has 39 heavy (non-hydrogen) atoms. The number of pyridine rings is 1. The summed E-state index contributed by atoms with van der Waals surface area (Å²) < 4.78 is 3.78. The van der Waals surface area contributed by atoms with Crippen molar-refractivity contribution in [2.75, 3.05) is 24.1 Å². The number of carboxylic acids is 1. The van der Waals surface area contributed by atoms with Crippen LogP contribution in [0.15, 0.2) is 58.6 Å². The van der Waals surface area contributed by atoms with Gasteiger partial charge in [-0.2, -0.15) is 0 Å². The van der Waals surface area contributed by atoms with Gasteiger partial charge >= 0.3 is 0 Å². The third kappa shape index (κ3) is 5.07. The Kier molecular flexibility index (Phi) is 7.54. The Balaban J connectivity index is 1.33. The molecule has 0 spiro atoms. The lowest BCUT2D eigenvalue weighted by Crippen LogP contribution is -2.71. The first-order valence-electron chi connectivity index (χ1n) is 11.4. The van der Waals surface area contributed by atoms with Crippen molar-refractivity contribution in [3.8, 4) is 0 Å². The molecule has 0 bridgehead atoms. The van der Waals surface area contributed by atoms with Crippen LogP contribution in [0.4, 0.5) is 5.13 Å². The quantitative estimate of drug-likeness (QED) is 0.109. The number of amides is 3. The SMILES string of the molecule is CO/N=C(\C(=O)N[C@@H]1C(=O)N2C(C(=O)[O-])=C(C[n+]3ccn4ccccc43)CS[C@@H]12)c1csc(NC(=O)CCl)n1. The number of carbonyl (C=O) groups excluding carboxylic acids is 4. The largest absolute Gasteiger partial charge is 0.543 e. The van der Waals surface area contributed by atoms with Crippen molar-refractivity contribution in [3.63, 3.8) is 0 Å². The molecule has 16 heteroatoms. The summed E-state index contributed by atoms with van der Waals surface area (Å²) in [6.07, 6.45) is 5.56. The second-order valence-corrected chi connectivity index (χ2v) is 10.6. The van der Waals surface area contributed by atoms with E-state index in [2.05, 4.69) is 20.8 Å². The van der Waals surface area contributed by atoms with Crippen LogP contribution in [0.5, 0.6) is 0 Å². The van der Waals surface area contributed by atoms with Crippen LogP contribution in [0.25, 0.3) is 5.65 Å². The minimum atomic E-state index is -1.46. The van der Waals surface area contributed by atoms with E-state index in [-0.39, 0.29) is 34.7 Å². The summed E-state index contributed by atoms with van der Waals surface area (Å²) in [4.78, 5) is 59.9. The highest BCUT2D eigenvalue weighted by Gasteiger charge is 2.53. The van der Waals surface area contributed by atoms with Gasteiger partial charge in [0.1, 0.15) is 49.0 Å². The van der Waals surface area contributed by atoms with Gasteiger partial charge in [-0.3, -0.25) is 19.3 Å². The number of thiazole rings is 1. The van der Waals surface area contributed by atoms with Crippen molar-refractivity contribution in [2.24, 2.45) is 5.16 Å². The summed E-state index contributed by atoms with van der Waals surface area (Å²) in [6, 6.07) is 4.65. The molecule has 5 rings (SSSR count). The molecule has 202 valence electrons. The molecular weight excluding hydrogens is 570 g/mol. The van der Waals surface area contributed by atoms with Crippen molar-refractivity contribution >= 4 is 74.9 Å². The topological polar surface area (TPSA) is 161 Å². The monoisotopic (exact) mass is 589 g/mol. The number of carbonyl (C=O) groups is 4. The molecular formula is C23H20ClN7O6S2. The Hall–Kier alpha value is -3.95. The Morgan fingerprint density at radius 1 is 1.33 bits per heavy atom. The molecule has 2 aliphatic heterocycles. The number of nitrogens with zero attached hydrogens (tertiary/aromatic N) is 5. The van der Waals surface area contributed by atoms with Crippen molar-refractivity contribution in [2.45, 2.75) is 18.0 Å². The van der Waals surface area contributed by atoms with Crippen LogP contribution in [0.2, 0.25) is 0 Å². The maximum absolute atomic E-state index is 13.1. The number of oxime groups is 1. The second-order valence-electron chi connectivity index (χ2n) is 8.33. The highest BCUT2D eigenvalue weighted by molar-refractivity contribution is 8.00. The number of thioether (sulfide) groups is 1. The summed E-state index contributed by atoms with van der Waals surface area (Å²) in [6.45, 7) is 0.251. The normalized spacial score (nSPS) is 19.0. The lowest BCUT2D eigenvalue weighted by atomic mass is 10.0. The van der Waals surface area contributed by atoms with Gasteiger partial charge in [0, 0.05) is 22.8 Å². The van der Waals surface area contributed by atoms with Crippen molar-refractivity contribution < 1.29 is 33.7 Å². The van der Waals surface area contributed by atoms with Gasteiger partial charge in [-0.25, -0.2) is 14.0 Å². The Morgan fingerprint density at radius 3 is 2.90 bits per heavy atom. The molecule has 2 aliphatic rings. The van der Waals surface area contributed by atoms with Crippen LogP contribution in [-0.4, -0.2) is 73.8 Å². The van der Waals surface area contributed by atoms with E-state index in [0.29, 0.717) is 11.3 Å². The zero-order valence-electron chi connectivity index (χ0n) is 20.2. The van der Waals surface area contributed by atoms with E-state index >= 15 is 0 Å². The molecule has 3 amide bonds. The first-order chi connectivity index (χ1) is 18.8. The standard InChI is InChI=1S/C23H20ClN7O6S2/c1-37-28-16(13-11-39-23(25-13)26-14(32)8-24)19(33)27-17-20(34)31-18(22(35)36)12(10-38-21(17)31)9-30-7-6-29-5-3-2-4-15(29)30/h2-7,11,17,21H,8-10H2,1H3,(H2-,25,26,27,32,33,35,36)/b28-16-/t17-,21+/m1/s1. The van der Waals surface area contributed by atoms with Crippen LogP contribution in [0, 0.1) is 0 Å². The number of fused-ring (bicyclic) bond motifs is 2. The Labute approximate surface area is 234 Å². The fraction of sp³-hybridized carbons (Fsp3) is 0.261. The molecule has 0 aromatic carbocycles. The van der Waals surface area contributed by atoms with E-state index in [4.69, 9.17) is 16.4 Å². The first-order valence-corrected chi connectivity index (χ1v) is 13.9. The zero-order chi connectivity index (χ0) is 27.7. The number of aromatic nitrogens is 3. The number of nitrogens with one attached hydrogen (secondary N) is 2. The summed E-state index contributed by atoms with van der Waals surface area (Å²) >= 11 is 7.87. The second kappa shape index (κ2) is 11.0. The summed E-state index contributed by atoms with van der Waals surface area (Å²) in [5, 5.41) is 22.0. The number of anilines is 1. The zero-order valence-corrected chi connectivity index (χ0v) is 22.6. The maximum atomic E-state index is 13.1. The number of hydrogen-bond acceptors (Lipinski definition) is 10. The van der Waals surface area contributed by atoms with Crippen LogP contribution < -0.4 is 20.3 Å². The van der Waals surface area contributed by atoms with Gasteiger partial charge in [-0.1, -0.05) is 11.2 Å². The number of β-lactam (4-membered cyclic amide) rings is 1. The Morgan fingerprint density at radius 2 is 2.15 bits per heavy atom. The van der Waals surface area contributed by atoms with Gasteiger partial charge in [0.05, 0.1) is 17.9 Å². The van der Waals surface area contributed by atoms with E-state index in [1.165, 1.54) is 24.3 Å². The van der Waals surface area contributed by atoms with Crippen molar-refractivity contribution in [1.82, 2.24) is 19.6 Å². The van der Waals surface area contributed by atoms with E-state index < -0.39 is 35.1 Å². The van der Waals surface area contributed by atoms with Gasteiger partial charge in [-0.15, -0.1) is 34.7 Å². The fourth-order valence-corrected chi connectivity index (χ4v) is 6.39. The van der Waals surface area contributed by atoms with Crippen molar-refractivity contribution in [1.29, 1.82) is 0 Å². The van der Waals surface area contributed by atoms with Gasteiger partial charge in [0.15, 0.2) is 10.8 Å². The van der Waals surface area contributed by atoms with Gasteiger partial charge in [-0.05, 0) is 6.07 Å². The number of aliphatic carboxylic acids is 1. The number of halogens is 1. The molecule has 2 atom stereocenters. The number of hydrogen-bond donors (Lipinski definition) is 2. The molecule has 1 fully saturated rings.